The molecule has 0 aromatic carbocycles. The van der Waals surface area contributed by atoms with Crippen LogP contribution in [-0.2, 0) is 23.9 Å². The Bertz CT molecular complexity index is 740. The predicted molar refractivity (Wildman–Crippen MR) is 110 cm³/mol. The number of ketones is 1. The molecule has 0 aliphatic heterocycles. The van der Waals surface area contributed by atoms with Crippen molar-refractivity contribution in [1.82, 2.24) is 0 Å². The van der Waals surface area contributed by atoms with Crippen LogP contribution in [0, 0.1) is 28.1 Å². The van der Waals surface area contributed by atoms with Crippen LogP contribution in [0.3, 0.4) is 0 Å². The molecule has 2 saturated carbocycles. The molecule has 0 amide bonds. The summed E-state index contributed by atoms with van der Waals surface area (Å²) < 4.78 is 10.9. The number of allylic oxidation sites excluding steroid dienone is 1. The third-order valence-electron chi connectivity index (χ3n) is 8.67. The number of rotatable bonds is 4. The van der Waals surface area contributed by atoms with E-state index in [9.17, 15) is 14.4 Å². The van der Waals surface area contributed by atoms with Crippen molar-refractivity contribution in [3.63, 3.8) is 0 Å². The fourth-order valence-corrected chi connectivity index (χ4v) is 6.36. The van der Waals surface area contributed by atoms with Crippen molar-refractivity contribution in [2.75, 3.05) is 6.61 Å². The summed E-state index contributed by atoms with van der Waals surface area (Å²) in [5, 5.41) is 0. The van der Waals surface area contributed by atoms with Gasteiger partial charge in [0.1, 0.15) is 11.9 Å². The zero-order valence-corrected chi connectivity index (χ0v) is 18.8. The van der Waals surface area contributed by atoms with Gasteiger partial charge in [-0.05, 0) is 44.4 Å². The van der Waals surface area contributed by atoms with Crippen LogP contribution in [0.15, 0.2) is 11.6 Å². The molecule has 29 heavy (non-hydrogen) atoms. The Morgan fingerprint density at radius 1 is 1.21 bits per heavy atom. The SMILES string of the molecule is CC[C@]1(C)C[C@@H](OC(=O)COC(C)=O)[C@@]2(C)C3=CCC[C@@]3(CC[C@H]2C)[C@@H](C)C1=O. The van der Waals surface area contributed by atoms with Crippen LogP contribution in [0.1, 0.15) is 80.1 Å². The van der Waals surface area contributed by atoms with Gasteiger partial charge >= 0.3 is 11.9 Å². The summed E-state index contributed by atoms with van der Waals surface area (Å²) in [5.74, 6) is -0.422. The van der Waals surface area contributed by atoms with Crippen molar-refractivity contribution in [2.45, 2.75) is 86.2 Å². The molecular weight excluding hydrogens is 368 g/mol. The van der Waals surface area contributed by atoms with Gasteiger partial charge in [-0.1, -0.05) is 46.3 Å². The van der Waals surface area contributed by atoms with Gasteiger partial charge in [-0.25, -0.2) is 4.79 Å². The quantitative estimate of drug-likeness (QED) is 0.505. The molecule has 2 fully saturated rings. The van der Waals surface area contributed by atoms with Crippen LogP contribution < -0.4 is 0 Å². The van der Waals surface area contributed by atoms with Crippen molar-refractivity contribution in [3.8, 4) is 0 Å². The van der Waals surface area contributed by atoms with Crippen molar-refractivity contribution in [3.05, 3.63) is 11.6 Å². The van der Waals surface area contributed by atoms with E-state index in [2.05, 4.69) is 33.8 Å². The van der Waals surface area contributed by atoms with Crippen LogP contribution >= 0.6 is 0 Å². The van der Waals surface area contributed by atoms with Crippen molar-refractivity contribution in [2.24, 2.45) is 28.1 Å². The third-order valence-corrected chi connectivity index (χ3v) is 8.67. The van der Waals surface area contributed by atoms with Crippen LogP contribution in [0.2, 0.25) is 0 Å². The molecule has 0 unspecified atom stereocenters. The maximum atomic E-state index is 13.7. The van der Waals surface area contributed by atoms with Gasteiger partial charge in [0, 0.05) is 29.1 Å². The van der Waals surface area contributed by atoms with E-state index < -0.39 is 23.5 Å². The Morgan fingerprint density at radius 2 is 1.90 bits per heavy atom. The van der Waals surface area contributed by atoms with Gasteiger partial charge in [-0.2, -0.15) is 0 Å². The molecule has 0 saturated heterocycles. The van der Waals surface area contributed by atoms with E-state index in [-0.39, 0.29) is 23.4 Å². The predicted octanol–water partition coefficient (Wildman–Crippen LogP) is 4.63. The number of esters is 2. The topological polar surface area (TPSA) is 69.7 Å². The number of carbonyl (C=O) groups excluding carboxylic acids is 3. The van der Waals surface area contributed by atoms with Gasteiger partial charge in [0.25, 0.3) is 0 Å². The smallest absolute Gasteiger partial charge is 0.344 e. The van der Waals surface area contributed by atoms with Gasteiger partial charge in [0.05, 0.1) is 0 Å². The lowest BCUT2D eigenvalue weighted by atomic mass is 9.46. The van der Waals surface area contributed by atoms with E-state index in [1.807, 2.05) is 6.92 Å². The molecule has 3 aliphatic carbocycles. The Kier molecular flexibility index (Phi) is 5.74. The number of Topliss-reactive ketones (excluding diaryl/α,β-unsaturated/α-hetero) is 1. The standard InChI is InChI=1S/C24H36O5/c1-7-22(5)13-19(29-20(26)14-28-17(4)25)23(6)15(2)10-12-24(16(3)21(22)27)11-8-9-18(23)24/h9,15-16,19H,7-8,10-14H2,1-6H3/t15-,16+,19-,22-,23-,24-/m1/s1. The third kappa shape index (κ3) is 3.34. The highest BCUT2D eigenvalue weighted by Crippen LogP contribution is 2.66. The molecule has 3 aliphatic rings. The number of ether oxygens (including phenoxy) is 2. The molecule has 5 nitrogen and oxygen atoms in total. The fraction of sp³-hybridized carbons (Fsp3) is 0.792. The second-order valence-corrected chi connectivity index (χ2v) is 10.00. The summed E-state index contributed by atoms with van der Waals surface area (Å²) in [6.07, 6.45) is 7.16. The molecule has 0 spiro atoms. The molecule has 2 bridgehead atoms. The molecular formula is C24H36O5. The molecule has 0 N–H and O–H groups in total. The molecule has 0 aromatic heterocycles. The van der Waals surface area contributed by atoms with Gasteiger partial charge in [0.15, 0.2) is 6.61 Å². The Hall–Kier alpha value is -1.65. The first kappa shape index (κ1) is 22.0. The van der Waals surface area contributed by atoms with E-state index in [1.165, 1.54) is 12.5 Å². The molecule has 162 valence electrons. The zero-order chi connectivity index (χ0) is 21.6. The van der Waals surface area contributed by atoms with E-state index in [0.29, 0.717) is 24.5 Å². The highest BCUT2D eigenvalue weighted by Gasteiger charge is 2.62. The first-order valence-electron chi connectivity index (χ1n) is 11.1. The molecule has 0 radical (unpaired) electrons. The summed E-state index contributed by atoms with van der Waals surface area (Å²) in [6, 6.07) is 0. The molecule has 6 atom stereocenters. The summed E-state index contributed by atoms with van der Waals surface area (Å²) in [4.78, 5) is 37.4. The van der Waals surface area contributed by atoms with Crippen LogP contribution in [0.25, 0.3) is 0 Å². The average Bonchev–Trinajstić information content (AvgIpc) is 3.13. The molecule has 3 rings (SSSR count). The monoisotopic (exact) mass is 404 g/mol. The van der Waals surface area contributed by atoms with Gasteiger partial charge in [0.2, 0.25) is 0 Å². The van der Waals surface area contributed by atoms with Crippen LogP contribution in [0.5, 0.6) is 0 Å². The second kappa shape index (κ2) is 7.55. The fourth-order valence-electron chi connectivity index (χ4n) is 6.36. The van der Waals surface area contributed by atoms with Crippen LogP contribution in [0.4, 0.5) is 0 Å². The van der Waals surface area contributed by atoms with Crippen molar-refractivity contribution < 1.29 is 23.9 Å². The normalized spacial score (nSPS) is 41.7. The summed E-state index contributed by atoms with van der Waals surface area (Å²) in [6.45, 7) is 11.6. The molecule has 0 aromatic rings. The Labute approximate surface area is 174 Å². The largest absolute Gasteiger partial charge is 0.459 e. The lowest BCUT2D eigenvalue weighted by Gasteiger charge is -2.58. The Morgan fingerprint density at radius 3 is 2.52 bits per heavy atom. The van der Waals surface area contributed by atoms with Crippen LogP contribution in [-0.4, -0.2) is 30.4 Å². The van der Waals surface area contributed by atoms with Gasteiger partial charge in [-0.3, -0.25) is 9.59 Å². The highest BCUT2D eigenvalue weighted by atomic mass is 16.6. The maximum Gasteiger partial charge on any atom is 0.344 e. The minimum Gasteiger partial charge on any atom is -0.459 e. The summed E-state index contributed by atoms with van der Waals surface area (Å²) >= 11 is 0. The molecule has 0 heterocycles. The second-order valence-electron chi connectivity index (χ2n) is 10.00. The van der Waals surface area contributed by atoms with E-state index in [0.717, 1.165) is 25.7 Å². The number of hydrogen-bond acceptors (Lipinski definition) is 5. The number of carbonyl (C=O) groups is 3. The van der Waals surface area contributed by atoms with E-state index in [1.54, 1.807) is 0 Å². The highest BCUT2D eigenvalue weighted by molar-refractivity contribution is 5.88. The zero-order valence-electron chi connectivity index (χ0n) is 18.8. The van der Waals surface area contributed by atoms with E-state index in [4.69, 9.17) is 9.47 Å². The first-order chi connectivity index (χ1) is 13.5. The number of hydrogen-bond donors (Lipinski definition) is 0. The van der Waals surface area contributed by atoms with E-state index >= 15 is 0 Å². The van der Waals surface area contributed by atoms with Crippen molar-refractivity contribution in [1.29, 1.82) is 0 Å². The maximum absolute atomic E-state index is 13.7. The average molecular weight is 405 g/mol. The van der Waals surface area contributed by atoms with Gasteiger partial charge < -0.3 is 9.47 Å². The lowest BCUT2D eigenvalue weighted by molar-refractivity contribution is -0.175. The minimum atomic E-state index is -0.536. The van der Waals surface area contributed by atoms with Gasteiger partial charge in [-0.15, -0.1) is 0 Å². The minimum absolute atomic E-state index is 0.0225. The lowest BCUT2D eigenvalue weighted by Crippen LogP contribution is -2.58. The summed E-state index contributed by atoms with van der Waals surface area (Å²) in [7, 11) is 0. The first-order valence-corrected chi connectivity index (χ1v) is 11.1. The van der Waals surface area contributed by atoms with Crippen molar-refractivity contribution >= 4 is 17.7 Å². The summed E-state index contributed by atoms with van der Waals surface area (Å²) in [5.41, 5.74) is 0.362. The Balaban J connectivity index is 2.07. The molecule has 5 heteroatoms.